The maximum absolute atomic E-state index is 12.4. The Labute approximate surface area is 140 Å². The van der Waals surface area contributed by atoms with Gasteiger partial charge in [-0.15, -0.1) is 35.4 Å². The molecule has 1 aliphatic heterocycles. The van der Waals surface area contributed by atoms with E-state index in [9.17, 15) is 4.79 Å². The van der Waals surface area contributed by atoms with Crippen LogP contribution in [0.2, 0.25) is 0 Å². The molecule has 1 heterocycles. The third kappa shape index (κ3) is 2.68. The van der Waals surface area contributed by atoms with Gasteiger partial charge in [0, 0.05) is 26.6 Å². The van der Waals surface area contributed by atoms with Gasteiger partial charge in [0.2, 0.25) is 0 Å². The molecule has 1 aromatic rings. The Morgan fingerprint density at radius 3 is 2.62 bits per heavy atom. The fraction of sp³-hybridized carbons (Fsp3) is 0.471. The minimum absolute atomic E-state index is 0. The maximum atomic E-state index is 12.4. The zero-order chi connectivity index (χ0) is 14.2. The zero-order valence-electron chi connectivity index (χ0n) is 12.4. The minimum atomic E-state index is -0.532. The monoisotopic (exact) mass is 455 g/mol. The molecule has 4 heteroatoms. The first-order valence-corrected chi connectivity index (χ1v) is 7.18. The SMILES string of the molecule is COC1=C(c2[c-]cccc2C)C(=O)OC12CCCCC2.[W]. The Hall–Kier alpha value is -1.08. The Morgan fingerprint density at radius 1 is 1.29 bits per heavy atom. The van der Waals surface area contributed by atoms with Gasteiger partial charge in [-0.25, -0.2) is 0 Å². The predicted octanol–water partition coefficient (Wildman–Crippen LogP) is 3.41. The van der Waals surface area contributed by atoms with E-state index in [4.69, 9.17) is 9.47 Å². The molecule has 1 fully saturated rings. The molecule has 1 spiro atoms. The van der Waals surface area contributed by atoms with E-state index in [1.807, 2.05) is 25.1 Å². The number of methoxy groups -OCH3 is 1. The van der Waals surface area contributed by atoms with E-state index in [-0.39, 0.29) is 27.0 Å². The molecule has 0 aromatic heterocycles. The summed E-state index contributed by atoms with van der Waals surface area (Å²) in [6.45, 7) is 1.98. The van der Waals surface area contributed by atoms with Crippen molar-refractivity contribution < 1.29 is 35.3 Å². The van der Waals surface area contributed by atoms with Crippen LogP contribution in [0.3, 0.4) is 0 Å². The number of hydrogen-bond acceptors (Lipinski definition) is 3. The minimum Gasteiger partial charge on any atom is -0.506 e. The normalized spacial score (nSPS) is 20.2. The van der Waals surface area contributed by atoms with Crippen molar-refractivity contribution in [1.29, 1.82) is 0 Å². The van der Waals surface area contributed by atoms with E-state index in [0.29, 0.717) is 11.3 Å². The third-order valence-corrected chi connectivity index (χ3v) is 4.31. The van der Waals surface area contributed by atoms with Crippen molar-refractivity contribution in [2.45, 2.75) is 44.6 Å². The number of rotatable bonds is 2. The molecule has 21 heavy (non-hydrogen) atoms. The number of carbonyl (C=O) groups excluding carboxylic acids is 1. The first kappa shape index (κ1) is 16.3. The number of esters is 1. The molecule has 1 aliphatic carbocycles. The average Bonchev–Trinajstić information content (AvgIpc) is 2.71. The van der Waals surface area contributed by atoms with Crippen molar-refractivity contribution in [3.63, 3.8) is 0 Å². The Bertz CT molecular complexity index is 571. The molecule has 0 bridgehead atoms. The Balaban J connectivity index is 0.00000161. The van der Waals surface area contributed by atoms with E-state index in [0.717, 1.165) is 36.8 Å². The van der Waals surface area contributed by atoms with E-state index >= 15 is 0 Å². The van der Waals surface area contributed by atoms with Gasteiger partial charge in [-0.1, -0.05) is 13.3 Å². The van der Waals surface area contributed by atoms with Crippen molar-refractivity contribution >= 4 is 11.5 Å². The quantitative estimate of drug-likeness (QED) is 0.507. The fourth-order valence-corrected chi connectivity index (χ4v) is 3.34. The Morgan fingerprint density at radius 2 is 2.00 bits per heavy atom. The molecular formula is C17H19O3W-. The largest absolute Gasteiger partial charge is 0.506 e. The van der Waals surface area contributed by atoms with Crippen LogP contribution in [0.15, 0.2) is 24.0 Å². The van der Waals surface area contributed by atoms with Gasteiger partial charge < -0.3 is 9.47 Å². The van der Waals surface area contributed by atoms with E-state index < -0.39 is 5.60 Å². The Kier molecular flexibility index (Phi) is 4.93. The zero-order valence-corrected chi connectivity index (χ0v) is 15.3. The van der Waals surface area contributed by atoms with Crippen molar-refractivity contribution in [2.75, 3.05) is 7.11 Å². The number of carbonyl (C=O) groups is 1. The second-order valence-corrected chi connectivity index (χ2v) is 5.58. The van der Waals surface area contributed by atoms with Crippen molar-refractivity contribution in [3.8, 4) is 0 Å². The van der Waals surface area contributed by atoms with Crippen LogP contribution in [0, 0.1) is 13.0 Å². The standard InChI is InChI=1S/C17H19O3.W/c1-12-8-4-5-9-13(12)14-15(19-2)17(20-16(14)18)10-6-3-7-11-17;/h4-5,8H,3,6-7,10-11H2,1-2H3;/q-1;. The molecular weight excluding hydrogens is 436 g/mol. The van der Waals surface area contributed by atoms with Gasteiger partial charge in [0.05, 0.1) is 7.11 Å². The maximum Gasteiger partial charge on any atom is 0.300 e. The smallest absolute Gasteiger partial charge is 0.300 e. The van der Waals surface area contributed by atoms with Gasteiger partial charge >= 0.3 is 0 Å². The van der Waals surface area contributed by atoms with Crippen LogP contribution in [-0.4, -0.2) is 18.7 Å². The summed E-state index contributed by atoms with van der Waals surface area (Å²) >= 11 is 0. The summed E-state index contributed by atoms with van der Waals surface area (Å²) in [6.07, 6.45) is 5.06. The molecule has 112 valence electrons. The average molecular weight is 455 g/mol. The fourth-order valence-electron chi connectivity index (χ4n) is 3.34. The number of hydrogen-bond donors (Lipinski definition) is 0. The molecule has 0 unspecified atom stereocenters. The van der Waals surface area contributed by atoms with E-state index in [1.165, 1.54) is 6.42 Å². The van der Waals surface area contributed by atoms with Crippen LogP contribution in [0.4, 0.5) is 0 Å². The molecule has 3 nitrogen and oxygen atoms in total. The van der Waals surface area contributed by atoms with Crippen LogP contribution >= 0.6 is 0 Å². The van der Waals surface area contributed by atoms with Crippen LogP contribution < -0.4 is 0 Å². The molecule has 0 radical (unpaired) electrons. The molecule has 0 atom stereocenters. The summed E-state index contributed by atoms with van der Waals surface area (Å²) < 4.78 is 11.4. The van der Waals surface area contributed by atoms with Gasteiger partial charge in [-0.3, -0.25) is 4.79 Å². The van der Waals surface area contributed by atoms with Crippen LogP contribution in [0.25, 0.3) is 5.57 Å². The van der Waals surface area contributed by atoms with Gasteiger partial charge in [0.25, 0.3) is 5.97 Å². The van der Waals surface area contributed by atoms with Gasteiger partial charge in [0.15, 0.2) is 5.60 Å². The number of ether oxygens (including phenoxy) is 2. The molecule has 0 saturated heterocycles. The first-order valence-electron chi connectivity index (χ1n) is 7.18. The second-order valence-electron chi connectivity index (χ2n) is 5.58. The number of benzene rings is 1. The summed E-state index contributed by atoms with van der Waals surface area (Å²) in [5, 5.41) is 0. The van der Waals surface area contributed by atoms with Crippen LogP contribution in [0.1, 0.15) is 43.2 Å². The summed E-state index contributed by atoms with van der Waals surface area (Å²) in [5.41, 5.74) is 1.85. The van der Waals surface area contributed by atoms with Gasteiger partial charge in [0.1, 0.15) is 5.76 Å². The topological polar surface area (TPSA) is 35.5 Å². The van der Waals surface area contributed by atoms with E-state index in [1.54, 1.807) is 7.11 Å². The molecule has 2 aliphatic rings. The summed E-state index contributed by atoms with van der Waals surface area (Å²) in [6, 6.07) is 8.87. The second kappa shape index (κ2) is 6.35. The van der Waals surface area contributed by atoms with Crippen LogP contribution in [0.5, 0.6) is 0 Å². The third-order valence-electron chi connectivity index (χ3n) is 4.31. The van der Waals surface area contributed by atoms with E-state index in [2.05, 4.69) is 6.07 Å². The van der Waals surface area contributed by atoms with Crippen molar-refractivity contribution in [3.05, 3.63) is 41.2 Å². The molecule has 0 amide bonds. The first-order chi connectivity index (χ1) is 9.68. The number of aryl methyl sites for hydroxylation is 1. The van der Waals surface area contributed by atoms with Gasteiger partial charge in [-0.05, 0) is 25.7 Å². The molecule has 3 rings (SSSR count). The predicted molar refractivity (Wildman–Crippen MR) is 75.9 cm³/mol. The summed E-state index contributed by atoms with van der Waals surface area (Å²) in [7, 11) is 1.63. The van der Waals surface area contributed by atoms with Crippen molar-refractivity contribution in [1.82, 2.24) is 0 Å². The molecule has 0 N–H and O–H groups in total. The van der Waals surface area contributed by atoms with Gasteiger partial charge in [-0.2, -0.15) is 0 Å². The van der Waals surface area contributed by atoms with Crippen LogP contribution in [-0.2, 0) is 35.3 Å². The molecule has 1 aromatic carbocycles. The van der Waals surface area contributed by atoms with Crippen molar-refractivity contribution in [2.24, 2.45) is 0 Å². The summed E-state index contributed by atoms with van der Waals surface area (Å²) in [4.78, 5) is 12.4. The summed E-state index contributed by atoms with van der Waals surface area (Å²) in [5.74, 6) is 0.432. The molecule has 1 saturated carbocycles.